The smallest absolute Gasteiger partial charge is 0.227 e. The van der Waals surface area contributed by atoms with Gasteiger partial charge in [0, 0.05) is 5.69 Å². The average molecular weight is 288 g/mol. The first-order valence-corrected chi connectivity index (χ1v) is 6.59. The molecule has 4 nitrogen and oxygen atoms in total. The topological polar surface area (TPSA) is 64.3 Å². The maximum absolute atomic E-state index is 13.5. The second-order valence-electron chi connectivity index (χ2n) is 4.70. The lowest BCUT2D eigenvalue weighted by atomic mass is 10.2. The Balaban J connectivity index is 1.82. The molecule has 0 radical (unpaired) electrons. The highest BCUT2D eigenvalue weighted by atomic mass is 19.1. The number of hydrogen-bond donors (Lipinski definition) is 2. The van der Waals surface area contributed by atoms with Gasteiger partial charge in [-0.3, -0.25) is 4.79 Å². The van der Waals surface area contributed by atoms with Gasteiger partial charge in [-0.05, 0) is 42.8 Å². The number of nitrogens with one attached hydrogen (secondary N) is 1. The van der Waals surface area contributed by atoms with Gasteiger partial charge in [0.15, 0.2) is 0 Å². The molecule has 0 fully saturated rings. The van der Waals surface area contributed by atoms with E-state index in [-0.39, 0.29) is 24.6 Å². The third kappa shape index (κ3) is 4.49. The van der Waals surface area contributed by atoms with Crippen LogP contribution in [0.1, 0.15) is 12.0 Å². The minimum absolute atomic E-state index is 0.116. The maximum Gasteiger partial charge on any atom is 0.227 e. The number of ether oxygens (including phenoxy) is 1. The Kier molecular flexibility index (Phi) is 4.77. The molecule has 0 saturated heterocycles. The molecule has 2 aromatic rings. The molecule has 0 aliphatic rings. The number of hydrogen-bond acceptors (Lipinski definition) is 3. The van der Waals surface area contributed by atoms with Crippen LogP contribution in [0.4, 0.5) is 15.8 Å². The molecule has 1 amide bonds. The lowest BCUT2D eigenvalue weighted by Crippen LogP contribution is -2.16. The van der Waals surface area contributed by atoms with Gasteiger partial charge in [0.05, 0.1) is 18.7 Å². The van der Waals surface area contributed by atoms with Crippen molar-refractivity contribution in [2.45, 2.75) is 13.3 Å². The fraction of sp³-hybridized carbons (Fsp3) is 0.188. The van der Waals surface area contributed by atoms with Crippen molar-refractivity contribution in [1.29, 1.82) is 0 Å². The Morgan fingerprint density at radius 3 is 2.81 bits per heavy atom. The van der Waals surface area contributed by atoms with Gasteiger partial charge in [-0.1, -0.05) is 12.1 Å². The Labute approximate surface area is 122 Å². The molecule has 0 aliphatic carbocycles. The highest BCUT2D eigenvalue weighted by Gasteiger charge is 2.07. The van der Waals surface area contributed by atoms with E-state index in [4.69, 9.17) is 10.5 Å². The first kappa shape index (κ1) is 14.8. The number of halogens is 1. The predicted octanol–water partition coefficient (Wildman–Crippen LogP) is 3.12. The van der Waals surface area contributed by atoms with Crippen LogP contribution in [-0.2, 0) is 4.79 Å². The summed E-state index contributed by atoms with van der Waals surface area (Å²) in [6.45, 7) is 2.19. The van der Waals surface area contributed by atoms with Crippen molar-refractivity contribution < 1.29 is 13.9 Å². The van der Waals surface area contributed by atoms with Crippen LogP contribution in [0.3, 0.4) is 0 Å². The van der Waals surface area contributed by atoms with Crippen molar-refractivity contribution in [3.05, 3.63) is 53.8 Å². The summed E-state index contributed by atoms with van der Waals surface area (Å²) in [6, 6.07) is 11.7. The van der Waals surface area contributed by atoms with E-state index in [1.807, 2.05) is 31.2 Å². The number of nitrogens with two attached hydrogens (primary N) is 1. The molecular weight excluding hydrogens is 271 g/mol. The highest BCUT2D eigenvalue weighted by molar-refractivity contribution is 5.91. The monoisotopic (exact) mass is 288 g/mol. The van der Waals surface area contributed by atoms with Crippen molar-refractivity contribution in [3.63, 3.8) is 0 Å². The fourth-order valence-corrected chi connectivity index (χ4v) is 1.81. The molecule has 0 spiro atoms. The van der Waals surface area contributed by atoms with E-state index >= 15 is 0 Å². The van der Waals surface area contributed by atoms with Crippen molar-refractivity contribution in [2.75, 3.05) is 17.7 Å². The number of carbonyl (C=O) groups excluding carboxylic acids is 1. The van der Waals surface area contributed by atoms with E-state index in [0.717, 1.165) is 5.56 Å². The number of nitrogen functional groups attached to an aromatic ring is 1. The van der Waals surface area contributed by atoms with Gasteiger partial charge >= 0.3 is 0 Å². The van der Waals surface area contributed by atoms with Gasteiger partial charge in [0.25, 0.3) is 0 Å². The summed E-state index contributed by atoms with van der Waals surface area (Å²) in [5, 5.41) is 2.49. The first-order valence-electron chi connectivity index (χ1n) is 6.59. The van der Waals surface area contributed by atoms with Crippen molar-refractivity contribution in [3.8, 4) is 5.75 Å². The Hall–Kier alpha value is -2.56. The lowest BCUT2D eigenvalue weighted by Gasteiger charge is -2.08. The summed E-state index contributed by atoms with van der Waals surface area (Å²) in [6.07, 6.45) is 0.137. The number of rotatable bonds is 5. The molecule has 3 N–H and O–H groups in total. The average Bonchev–Trinajstić information content (AvgIpc) is 2.42. The minimum Gasteiger partial charge on any atom is -0.493 e. The van der Waals surface area contributed by atoms with E-state index < -0.39 is 5.82 Å². The summed E-state index contributed by atoms with van der Waals surface area (Å²) < 4.78 is 19.0. The summed E-state index contributed by atoms with van der Waals surface area (Å²) >= 11 is 0. The SMILES string of the molecule is Cc1cccc(OCCC(=O)Nc2ccc(N)cc2F)c1. The number of aryl methyl sites for hydroxylation is 1. The number of benzene rings is 2. The molecule has 0 bridgehead atoms. The molecule has 0 heterocycles. The molecular formula is C16H17FN2O2. The zero-order valence-corrected chi connectivity index (χ0v) is 11.7. The molecule has 21 heavy (non-hydrogen) atoms. The van der Waals surface area contributed by atoms with E-state index in [1.54, 1.807) is 0 Å². The van der Waals surface area contributed by atoms with E-state index in [1.165, 1.54) is 18.2 Å². The number of amides is 1. The molecule has 2 aromatic carbocycles. The van der Waals surface area contributed by atoms with Crippen LogP contribution in [0.25, 0.3) is 0 Å². The van der Waals surface area contributed by atoms with Crippen molar-refractivity contribution in [1.82, 2.24) is 0 Å². The van der Waals surface area contributed by atoms with Crippen LogP contribution in [0.15, 0.2) is 42.5 Å². The second kappa shape index (κ2) is 6.74. The molecule has 2 rings (SSSR count). The van der Waals surface area contributed by atoms with E-state index in [9.17, 15) is 9.18 Å². The summed E-state index contributed by atoms with van der Waals surface area (Å²) in [5.41, 5.74) is 6.96. The summed E-state index contributed by atoms with van der Waals surface area (Å²) in [7, 11) is 0. The number of carbonyl (C=O) groups is 1. The fourth-order valence-electron chi connectivity index (χ4n) is 1.81. The van der Waals surface area contributed by atoms with Gasteiger partial charge in [0.1, 0.15) is 11.6 Å². The largest absolute Gasteiger partial charge is 0.493 e. The van der Waals surface area contributed by atoms with E-state index in [0.29, 0.717) is 11.4 Å². The van der Waals surface area contributed by atoms with Gasteiger partial charge in [-0.25, -0.2) is 4.39 Å². The molecule has 0 atom stereocenters. The van der Waals surface area contributed by atoms with Crippen LogP contribution in [-0.4, -0.2) is 12.5 Å². The zero-order valence-electron chi connectivity index (χ0n) is 11.7. The molecule has 0 unspecified atom stereocenters. The van der Waals surface area contributed by atoms with Crippen molar-refractivity contribution in [2.24, 2.45) is 0 Å². The van der Waals surface area contributed by atoms with Gasteiger partial charge in [-0.2, -0.15) is 0 Å². The molecule has 110 valence electrons. The Morgan fingerprint density at radius 2 is 2.10 bits per heavy atom. The van der Waals surface area contributed by atoms with E-state index in [2.05, 4.69) is 5.32 Å². The third-order valence-corrected chi connectivity index (χ3v) is 2.85. The maximum atomic E-state index is 13.5. The molecule has 0 saturated carbocycles. The van der Waals surface area contributed by atoms with Crippen LogP contribution in [0.2, 0.25) is 0 Å². The van der Waals surface area contributed by atoms with Crippen LogP contribution in [0.5, 0.6) is 5.75 Å². The van der Waals surface area contributed by atoms with Gasteiger partial charge in [0.2, 0.25) is 5.91 Å². The Bertz CT molecular complexity index is 644. The molecule has 5 heteroatoms. The van der Waals surface area contributed by atoms with Crippen LogP contribution < -0.4 is 15.8 Å². The Morgan fingerprint density at radius 1 is 1.29 bits per heavy atom. The lowest BCUT2D eigenvalue weighted by molar-refractivity contribution is -0.116. The number of anilines is 2. The predicted molar refractivity (Wildman–Crippen MR) is 80.7 cm³/mol. The third-order valence-electron chi connectivity index (χ3n) is 2.85. The van der Waals surface area contributed by atoms with Gasteiger partial charge in [-0.15, -0.1) is 0 Å². The second-order valence-corrected chi connectivity index (χ2v) is 4.70. The first-order chi connectivity index (χ1) is 10.0. The summed E-state index contributed by atoms with van der Waals surface area (Å²) in [4.78, 5) is 11.7. The molecule has 0 aliphatic heterocycles. The van der Waals surface area contributed by atoms with Crippen LogP contribution >= 0.6 is 0 Å². The summed E-state index contributed by atoms with van der Waals surface area (Å²) in [5.74, 6) is -0.157. The molecule has 0 aromatic heterocycles. The highest BCUT2D eigenvalue weighted by Crippen LogP contribution is 2.17. The quantitative estimate of drug-likeness (QED) is 0.831. The standard InChI is InChI=1S/C16H17FN2O2/c1-11-3-2-4-13(9-11)21-8-7-16(20)19-15-6-5-12(18)10-14(15)17/h2-6,9-10H,7-8,18H2,1H3,(H,19,20). The van der Waals surface area contributed by atoms with Crippen molar-refractivity contribution >= 4 is 17.3 Å². The minimum atomic E-state index is -0.553. The zero-order chi connectivity index (χ0) is 15.2. The normalized spacial score (nSPS) is 10.2. The van der Waals surface area contributed by atoms with Gasteiger partial charge < -0.3 is 15.8 Å². The van der Waals surface area contributed by atoms with Crippen LogP contribution in [0, 0.1) is 12.7 Å².